The van der Waals surface area contributed by atoms with E-state index in [-0.39, 0.29) is 45.8 Å². The molecule has 10 heteroatoms. The van der Waals surface area contributed by atoms with Gasteiger partial charge >= 0.3 is 5.91 Å². The smallest absolute Gasteiger partial charge is 0.300 e. The molecule has 2 fully saturated rings. The summed E-state index contributed by atoms with van der Waals surface area (Å²) in [6.07, 6.45) is 3.52. The number of hydrogen-bond acceptors (Lipinski definition) is 7. The van der Waals surface area contributed by atoms with Crippen LogP contribution in [0.25, 0.3) is 11.0 Å². The van der Waals surface area contributed by atoms with Crippen molar-refractivity contribution in [2.24, 2.45) is 0 Å². The summed E-state index contributed by atoms with van der Waals surface area (Å²) >= 11 is 0. The van der Waals surface area contributed by atoms with Crippen molar-refractivity contribution in [1.29, 1.82) is 0 Å². The molecule has 2 aliphatic rings. The van der Waals surface area contributed by atoms with Gasteiger partial charge in [0.1, 0.15) is 29.5 Å². The van der Waals surface area contributed by atoms with E-state index in [1.807, 2.05) is 35.2 Å². The van der Waals surface area contributed by atoms with E-state index in [0.717, 1.165) is 44.3 Å². The van der Waals surface area contributed by atoms with Crippen LogP contribution in [0, 0.1) is 5.82 Å². The van der Waals surface area contributed by atoms with Crippen LogP contribution >= 0.6 is 0 Å². The van der Waals surface area contributed by atoms with Crippen molar-refractivity contribution in [2.45, 2.75) is 43.3 Å². The van der Waals surface area contributed by atoms with Crippen molar-refractivity contribution in [3.8, 4) is 11.5 Å². The maximum Gasteiger partial charge on any atom is 0.300 e. The Labute approximate surface area is 225 Å². The highest BCUT2D eigenvalue weighted by molar-refractivity contribution is 7.90. The lowest BCUT2D eigenvalue weighted by molar-refractivity contribution is 0.0956. The zero-order valence-corrected chi connectivity index (χ0v) is 21.9. The molecule has 1 N–H and O–H groups in total. The summed E-state index contributed by atoms with van der Waals surface area (Å²) in [6, 6.07) is 18.3. The number of benzene rings is 3. The Bertz CT molecular complexity index is 1630. The Kier molecular flexibility index (Phi) is 6.64. The third-order valence-corrected chi connectivity index (χ3v) is 8.43. The summed E-state index contributed by atoms with van der Waals surface area (Å²) in [4.78, 5) is 14.8. The molecule has 1 saturated carbocycles. The molecule has 2 heterocycles. The van der Waals surface area contributed by atoms with Crippen molar-refractivity contribution in [2.75, 3.05) is 18.0 Å². The van der Waals surface area contributed by atoms with Crippen LogP contribution in [0.15, 0.2) is 76.0 Å². The topological polar surface area (TPSA) is 98.1 Å². The van der Waals surface area contributed by atoms with Gasteiger partial charge in [0.15, 0.2) is 10.7 Å². The van der Waals surface area contributed by atoms with Crippen LogP contribution in [0.1, 0.15) is 41.8 Å². The number of nitrogens with zero attached hydrogens (tertiary/aromatic N) is 1. The number of carbonyl (C=O) groups excluding carboxylic acids is 1. The van der Waals surface area contributed by atoms with E-state index in [4.69, 9.17) is 13.9 Å². The molecule has 4 aromatic rings. The fourth-order valence-electron chi connectivity index (χ4n) is 4.55. The molecule has 0 radical (unpaired) electrons. The summed E-state index contributed by atoms with van der Waals surface area (Å²) in [5.41, 5.74) is 1.67. The normalized spacial score (nSPS) is 15.5. The minimum atomic E-state index is -4.48. The van der Waals surface area contributed by atoms with E-state index in [1.54, 1.807) is 18.2 Å². The number of amides is 1. The van der Waals surface area contributed by atoms with Crippen LogP contribution in [-0.4, -0.2) is 33.5 Å². The van der Waals surface area contributed by atoms with E-state index in [1.165, 1.54) is 18.2 Å². The molecule has 0 spiro atoms. The Morgan fingerprint density at radius 2 is 1.77 bits per heavy atom. The molecular weight excluding hydrogens is 523 g/mol. The predicted octanol–water partition coefficient (Wildman–Crippen LogP) is 5.41. The third-order valence-electron chi connectivity index (χ3n) is 7.04. The first kappa shape index (κ1) is 25.2. The van der Waals surface area contributed by atoms with Crippen LogP contribution in [0.4, 0.5) is 10.1 Å². The first-order valence-electron chi connectivity index (χ1n) is 12.9. The van der Waals surface area contributed by atoms with Crippen molar-refractivity contribution in [3.63, 3.8) is 0 Å². The average Bonchev–Trinajstić information content (AvgIpc) is 3.29. The predicted molar refractivity (Wildman–Crippen MR) is 143 cm³/mol. The van der Waals surface area contributed by atoms with Crippen molar-refractivity contribution in [1.82, 2.24) is 4.72 Å². The Morgan fingerprint density at radius 1 is 1.00 bits per heavy atom. The Hall–Kier alpha value is -4.05. The van der Waals surface area contributed by atoms with Crippen molar-refractivity contribution >= 4 is 32.6 Å². The second kappa shape index (κ2) is 10.3. The molecular formula is C29H27FN2O6S. The minimum Gasteiger partial charge on any atom is -0.489 e. The molecule has 0 unspecified atom stereocenters. The van der Waals surface area contributed by atoms with Gasteiger partial charge in [0.2, 0.25) is 0 Å². The summed E-state index contributed by atoms with van der Waals surface area (Å²) in [7, 11) is -4.48. The number of halogens is 1. The average molecular weight is 551 g/mol. The number of ether oxygens (including phenoxy) is 2. The first-order chi connectivity index (χ1) is 18.9. The number of anilines is 1. The molecule has 1 amide bonds. The highest BCUT2D eigenvalue weighted by atomic mass is 32.2. The summed E-state index contributed by atoms with van der Waals surface area (Å²) in [6.45, 7) is 1.74. The fourth-order valence-corrected chi connectivity index (χ4v) is 5.76. The van der Waals surface area contributed by atoms with E-state index < -0.39 is 21.7 Å². The van der Waals surface area contributed by atoms with E-state index >= 15 is 0 Å². The highest BCUT2D eigenvalue weighted by Gasteiger charge is 2.31. The number of rotatable bonds is 9. The maximum atomic E-state index is 14.8. The quantitative estimate of drug-likeness (QED) is 0.298. The Morgan fingerprint density at radius 3 is 2.46 bits per heavy atom. The Balaban J connectivity index is 1.30. The molecule has 39 heavy (non-hydrogen) atoms. The molecule has 0 atom stereocenters. The molecule has 1 aromatic heterocycles. The first-order valence-corrected chi connectivity index (χ1v) is 14.4. The van der Waals surface area contributed by atoms with E-state index in [0.29, 0.717) is 5.69 Å². The lowest BCUT2D eigenvalue weighted by Gasteiger charge is -2.33. The van der Waals surface area contributed by atoms with Crippen molar-refractivity contribution in [3.05, 3.63) is 83.9 Å². The monoisotopic (exact) mass is 550 g/mol. The van der Waals surface area contributed by atoms with Crippen LogP contribution in [0.2, 0.25) is 0 Å². The molecule has 1 saturated heterocycles. The molecule has 1 aliphatic carbocycles. The largest absolute Gasteiger partial charge is 0.489 e. The molecule has 3 aromatic carbocycles. The van der Waals surface area contributed by atoms with Crippen LogP contribution < -0.4 is 19.1 Å². The van der Waals surface area contributed by atoms with Gasteiger partial charge in [-0.05, 0) is 49.4 Å². The molecule has 6 rings (SSSR count). The summed E-state index contributed by atoms with van der Waals surface area (Å²) in [5.74, 6) is -1.75. The number of furan rings is 1. The summed E-state index contributed by atoms with van der Waals surface area (Å²) < 4.78 is 61.5. The number of hydrogen-bond donors (Lipinski definition) is 1. The van der Waals surface area contributed by atoms with Gasteiger partial charge in [-0.1, -0.05) is 36.4 Å². The number of sulfonamides is 1. The number of fused-ring (bicyclic) bond motifs is 1. The van der Waals surface area contributed by atoms with Gasteiger partial charge in [0.05, 0.1) is 11.5 Å². The van der Waals surface area contributed by atoms with Gasteiger partial charge in [0, 0.05) is 30.9 Å². The molecule has 0 bridgehead atoms. The van der Waals surface area contributed by atoms with Gasteiger partial charge < -0.3 is 18.8 Å². The minimum absolute atomic E-state index is 0.0471. The third kappa shape index (κ3) is 5.16. The maximum absolute atomic E-state index is 14.8. The highest BCUT2D eigenvalue weighted by Crippen LogP contribution is 2.37. The number of carbonyl (C=O) groups is 1. The lowest BCUT2D eigenvalue weighted by atomic mass is 9.96. The molecule has 202 valence electrons. The van der Waals surface area contributed by atoms with Gasteiger partial charge in [-0.3, -0.25) is 4.79 Å². The van der Waals surface area contributed by atoms with Crippen molar-refractivity contribution < 1.29 is 31.5 Å². The molecule has 8 nitrogen and oxygen atoms in total. The van der Waals surface area contributed by atoms with Crippen LogP contribution in [0.3, 0.4) is 0 Å². The van der Waals surface area contributed by atoms with Crippen LogP contribution in [0.5, 0.6) is 11.5 Å². The van der Waals surface area contributed by atoms with Gasteiger partial charge in [-0.2, -0.15) is 0 Å². The standard InChI is InChI=1S/C29H27FN2O6S/c30-23-15-20(32-13-6-14-32)16-26-22(23)17-27(38-26)29(33)31-39(34,35)28-24(36-18-19-7-2-1-3-8-19)11-5-12-25(28)37-21-9-4-10-21/h1-3,5,7-8,11-12,15-17,21H,4,6,9-10,13-14,18H2,(H,31,33). The van der Waals surface area contributed by atoms with Gasteiger partial charge in [-0.15, -0.1) is 0 Å². The van der Waals surface area contributed by atoms with E-state index in [9.17, 15) is 17.6 Å². The van der Waals surface area contributed by atoms with E-state index in [2.05, 4.69) is 4.72 Å². The zero-order chi connectivity index (χ0) is 27.0. The summed E-state index contributed by atoms with van der Waals surface area (Å²) in [5, 5.41) is 0.0995. The zero-order valence-electron chi connectivity index (χ0n) is 21.1. The lowest BCUT2D eigenvalue weighted by Crippen LogP contribution is -2.36. The number of nitrogens with one attached hydrogen (secondary N) is 1. The second-order valence-electron chi connectivity index (χ2n) is 9.75. The van der Waals surface area contributed by atoms with Gasteiger partial charge in [-0.25, -0.2) is 17.5 Å². The van der Waals surface area contributed by atoms with Gasteiger partial charge in [0.25, 0.3) is 10.0 Å². The second-order valence-corrected chi connectivity index (χ2v) is 11.4. The molecule has 1 aliphatic heterocycles. The SMILES string of the molecule is O=C(NS(=O)(=O)c1c(OCc2ccccc2)cccc1OC1CCC1)c1cc2c(F)cc(N3CCC3)cc2o1. The fraction of sp³-hybridized carbons (Fsp3) is 0.276. The van der Waals surface area contributed by atoms with Crippen LogP contribution in [-0.2, 0) is 16.6 Å².